The highest BCUT2D eigenvalue weighted by Gasteiger charge is 2.14. The van der Waals surface area contributed by atoms with E-state index in [1.807, 2.05) is 36.4 Å². The average molecular weight is 505 g/mol. The number of aromatic nitrogens is 2. The lowest BCUT2D eigenvalue weighted by atomic mass is 10.1. The summed E-state index contributed by atoms with van der Waals surface area (Å²) in [5.74, 6) is 1.37. The van der Waals surface area contributed by atoms with E-state index in [1.54, 1.807) is 50.6 Å². The Morgan fingerprint density at radius 1 is 0.861 bits per heavy atom. The van der Waals surface area contributed by atoms with Gasteiger partial charge < -0.3 is 24.8 Å². The summed E-state index contributed by atoms with van der Waals surface area (Å²) in [7, 11) is 3.14. The highest BCUT2D eigenvalue weighted by molar-refractivity contribution is 7.13. The molecule has 0 spiro atoms. The topological polar surface area (TPSA) is 112 Å². The predicted octanol–water partition coefficient (Wildman–Crippen LogP) is 4.32. The first kappa shape index (κ1) is 24.7. The van der Waals surface area contributed by atoms with Gasteiger partial charge in [0.15, 0.2) is 5.01 Å². The molecule has 0 saturated carbocycles. The summed E-state index contributed by atoms with van der Waals surface area (Å²) in [5, 5.41) is 14.4. The van der Waals surface area contributed by atoms with Crippen molar-refractivity contribution in [2.75, 3.05) is 19.5 Å². The van der Waals surface area contributed by atoms with Crippen LogP contribution in [0.15, 0.2) is 72.8 Å². The number of methoxy groups -OCH3 is 2. The average Bonchev–Trinajstić information content (AvgIpc) is 3.41. The first-order chi connectivity index (χ1) is 17.6. The Balaban J connectivity index is 1.29. The van der Waals surface area contributed by atoms with Gasteiger partial charge in [0.05, 0.1) is 14.2 Å². The maximum atomic E-state index is 12.6. The third-order valence-corrected chi connectivity index (χ3v) is 6.00. The molecular weight excluding hydrogens is 480 g/mol. The van der Waals surface area contributed by atoms with E-state index in [-0.39, 0.29) is 30.0 Å². The second-order valence-corrected chi connectivity index (χ2v) is 8.56. The Labute approximate surface area is 212 Å². The van der Waals surface area contributed by atoms with Crippen LogP contribution >= 0.6 is 11.3 Å². The third-order valence-electron chi connectivity index (χ3n) is 5.11. The summed E-state index contributed by atoms with van der Waals surface area (Å²) >= 11 is 1.16. The molecule has 4 aromatic rings. The molecule has 1 aromatic heterocycles. The zero-order valence-corrected chi connectivity index (χ0v) is 20.5. The molecule has 36 heavy (non-hydrogen) atoms. The molecule has 1 heterocycles. The Morgan fingerprint density at radius 2 is 1.64 bits per heavy atom. The molecule has 0 saturated heterocycles. The van der Waals surface area contributed by atoms with E-state index in [0.717, 1.165) is 16.9 Å². The molecule has 9 nitrogen and oxygen atoms in total. The lowest BCUT2D eigenvalue weighted by Crippen LogP contribution is -2.23. The Hall–Kier alpha value is -4.44. The van der Waals surface area contributed by atoms with E-state index in [1.165, 1.54) is 0 Å². The summed E-state index contributed by atoms with van der Waals surface area (Å²) in [6.07, 6.45) is 0. The van der Waals surface area contributed by atoms with Gasteiger partial charge in [0.1, 0.15) is 23.9 Å². The number of hydrogen-bond donors (Lipinski definition) is 2. The number of ether oxygens (including phenoxy) is 3. The second kappa shape index (κ2) is 11.8. The molecule has 4 rings (SSSR count). The summed E-state index contributed by atoms with van der Waals surface area (Å²) in [6, 6.07) is 21.3. The van der Waals surface area contributed by atoms with E-state index in [9.17, 15) is 9.59 Å². The Kier molecular flexibility index (Phi) is 8.09. The Morgan fingerprint density at radius 3 is 2.36 bits per heavy atom. The molecule has 0 fully saturated rings. The smallest absolute Gasteiger partial charge is 0.286 e. The van der Waals surface area contributed by atoms with Gasteiger partial charge in [-0.3, -0.25) is 9.59 Å². The van der Waals surface area contributed by atoms with Gasteiger partial charge in [-0.15, -0.1) is 10.2 Å². The third kappa shape index (κ3) is 6.36. The highest BCUT2D eigenvalue weighted by Crippen LogP contribution is 2.24. The molecule has 0 atom stereocenters. The van der Waals surface area contributed by atoms with E-state index >= 15 is 0 Å². The van der Waals surface area contributed by atoms with Crippen molar-refractivity contribution >= 4 is 28.8 Å². The van der Waals surface area contributed by atoms with Crippen LogP contribution < -0.4 is 24.8 Å². The summed E-state index contributed by atoms with van der Waals surface area (Å²) < 4.78 is 16.2. The van der Waals surface area contributed by atoms with Crippen LogP contribution in [0.2, 0.25) is 0 Å². The standard InChI is InChI=1S/C26H24N4O5S/c1-33-21-13-10-18(22(14-21)34-2)15-27-24(31)17-8-11-19(12-9-17)28-25(32)26-30-29-23(36-26)16-35-20-6-4-3-5-7-20/h3-14H,15-16H2,1-2H3,(H,27,31)(H,28,32). The quantitative estimate of drug-likeness (QED) is 0.331. The maximum absolute atomic E-state index is 12.6. The van der Waals surface area contributed by atoms with Gasteiger partial charge in [0.25, 0.3) is 11.8 Å². The molecule has 0 aliphatic heterocycles. The molecule has 0 radical (unpaired) electrons. The molecule has 2 amide bonds. The molecule has 0 unspecified atom stereocenters. The molecular formula is C26H24N4O5S. The number of carbonyl (C=O) groups is 2. The molecule has 2 N–H and O–H groups in total. The molecule has 0 aliphatic carbocycles. The van der Waals surface area contributed by atoms with Gasteiger partial charge in [-0.25, -0.2) is 0 Å². The largest absolute Gasteiger partial charge is 0.497 e. The number of carbonyl (C=O) groups excluding carboxylic acids is 2. The fourth-order valence-electron chi connectivity index (χ4n) is 3.23. The minimum absolute atomic E-state index is 0.219. The number of nitrogens with zero attached hydrogens (tertiary/aromatic N) is 2. The van der Waals surface area contributed by atoms with Crippen molar-refractivity contribution in [3.05, 3.63) is 93.9 Å². The fourth-order valence-corrected chi connectivity index (χ4v) is 3.88. The number of benzene rings is 3. The van der Waals surface area contributed by atoms with Gasteiger partial charge in [-0.2, -0.15) is 0 Å². The van der Waals surface area contributed by atoms with Crippen LogP contribution in [0.5, 0.6) is 17.2 Å². The van der Waals surface area contributed by atoms with Crippen molar-refractivity contribution in [1.82, 2.24) is 15.5 Å². The lowest BCUT2D eigenvalue weighted by Gasteiger charge is -2.11. The van der Waals surface area contributed by atoms with E-state index in [4.69, 9.17) is 14.2 Å². The monoisotopic (exact) mass is 504 g/mol. The van der Waals surface area contributed by atoms with Crippen LogP contribution in [0.3, 0.4) is 0 Å². The van der Waals surface area contributed by atoms with Crippen molar-refractivity contribution in [3.8, 4) is 17.2 Å². The van der Waals surface area contributed by atoms with Crippen molar-refractivity contribution in [1.29, 1.82) is 0 Å². The van der Waals surface area contributed by atoms with Crippen LogP contribution in [0.4, 0.5) is 5.69 Å². The van der Waals surface area contributed by atoms with Gasteiger partial charge in [0.2, 0.25) is 5.01 Å². The first-order valence-corrected chi connectivity index (χ1v) is 11.8. The van der Waals surface area contributed by atoms with Crippen LogP contribution in [0.1, 0.15) is 30.7 Å². The van der Waals surface area contributed by atoms with Crippen LogP contribution in [0, 0.1) is 0 Å². The number of rotatable bonds is 10. The minimum atomic E-state index is -0.387. The van der Waals surface area contributed by atoms with Crippen molar-refractivity contribution < 1.29 is 23.8 Å². The number of anilines is 1. The fraction of sp³-hybridized carbons (Fsp3) is 0.154. The second-order valence-electron chi connectivity index (χ2n) is 7.49. The van der Waals surface area contributed by atoms with Gasteiger partial charge in [0, 0.05) is 29.4 Å². The summed E-state index contributed by atoms with van der Waals surface area (Å²) in [6.45, 7) is 0.513. The number of nitrogens with one attached hydrogen (secondary N) is 2. The van der Waals surface area contributed by atoms with Gasteiger partial charge in [-0.05, 0) is 48.5 Å². The minimum Gasteiger partial charge on any atom is -0.497 e. The van der Waals surface area contributed by atoms with Crippen molar-refractivity contribution in [2.24, 2.45) is 0 Å². The first-order valence-electron chi connectivity index (χ1n) is 11.0. The summed E-state index contributed by atoms with van der Waals surface area (Å²) in [4.78, 5) is 25.1. The van der Waals surface area contributed by atoms with E-state index in [0.29, 0.717) is 33.5 Å². The Bertz CT molecular complexity index is 1330. The SMILES string of the molecule is COc1ccc(CNC(=O)c2ccc(NC(=O)c3nnc(COc4ccccc4)s3)cc2)c(OC)c1. The number of amides is 2. The molecule has 0 aliphatic rings. The summed E-state index contributed by atoms with van der Waals surface area (Å²) in [5.41, 5.74) is 1.81. The number of para-hydroxylation sites is 1. The van der Waals surface area contributed by atoms with Gasteiger partial charge >= 0.3 is 0 Å². The lowest BCUT2D eigenvalue weighted by molar-refractivity contribution is 0.0950. The normalized spacial score (nSPS) is 10.4. The van der Waals surface area contributed by atoms with Crippen molar-refractivity contribution in [3.63, 3.8) is 0 Å². The predicted molar refractivity (Wildman–Crippen MR) is 136 cm³/mol. The van der Waals surface area contributed by atoms with Gasteiger partial charge in [-0.1, -0.05) is 29.5 Å². The molecule has 10 heteroatoms. The van der Waals surface area contributed by atoms with E-state index in [2.05, 4.69) is 20.8 Å². The molecule has 0 bridgehead atoms. The maximum Gasteiger partial charge on any atom is 0.286 e. The molecule has 3 aromatic carbocycles. The zero-order chi connectivity index (χ0) is 25.3. The zero-order valence-electron chi connectivity index (χ0n) is 19.7. The van der Waals surface area contributed by atoms with Crippen LogP contribution in [-0.2, 0) is 13.2 Å². The van der Waals surface area contributed by atoms with E-state index < -0.39 is 0 Å². The highest BCUT2D eigenvalue weighted by atomic mass is 32.1. The van der Waals surface area contributed by atoms with Crippen molar-refractivity contribution in [2.45, 2.75) is 13.2 Å². The number of hydrogen-bond acceptors (Lipinski definition) is 8. The molecule has 184 valence electrons. The van der Waals surface area contributed by atoms with Crippen LogP contribution in [0.25, 0.3) is 0 Å². The van der Waals surface area contributed by atoms with Crippen LogP contribution in [-0.4, -0.2) is 36.2 Å².